The van der Waals surface area contributed by atoms with Gasteiger partial charge in [-0.2, -0.15) is 0 Å². The number of carbonyl (C=O) groups excluding carboxylic acids is 1. The average Bonchev–Trinajstić information content (AvgIpc) is 3.03. The van der Waals surface area contributed by atoms with Gasteiger partial charge in [-0.05, 0) is 34.6 Å². The van der Waals surface area contributed by atoms with Gasteiger partial charge in [0.2, 0.25) is 5.28 Å². The minimum Gasteiger partial charge on any atom is -0.367 e. The Labute approximate surface area is 166 Å². The number of rotatable bonds is 5. The SMILES string of the molecule is CCCC(Nc1cc(C(=O)N2Cc3ccccc3C2)nc(Cl)n1)C(C)(C)C. The predicted octanol–water partition coefficient (Wildman–Crippen LogP) is 4.91. The molecule has 1 aromatic heterocycles. The molecule has 1 aliphatic heterocycles. The van der Waals surface area contributed by atoms with Gasteiger partial charge in [0.05, 0.1) is 0 Å². The summed E-state index contributed by atoms with van der Waals surface area (Å²) in [6, 6.07) is 10.1. The van der Waals surface area contributed by atoms with Gasteiger partial charge in [-0.1, -0.05) is 58.4 Å². The first-order valence-electron chi connectivity index (χ1n) is 9.45. The van der Waals surface area contributed by atoms with Crippen LogP contribution in [-0.2, 0) is 13.1 Å². The minimum absolute atomic E-state index is 0.0637. The highest BCUT2D eigenvalue weighted by atomic mass is 35.5. The molecule has 1 N–H and O–H groups in total. The van der Waals surface area contributed by atoms with Gasteiger partial charge in [0.1, 0.15) is 11.5 Å². The number of amides is 1. The summed E-state index contributed by atoms with van der Waals surface area (Å²) in [7, 11) is 0. The van der Waals surface area contributed by atoms with E-state index in [2.05, 4.69) is 55.1 Å². The van der Waals surface area contributed by atoms with Gasteiger partial charge in [0, 0.05) is 25.2 Å². The molecular formula is C21H27ClN4O. The van der Waals surface area contributed by atoms with Crippen molar-refractivity contribution < 1.29 is 4.79 Å². The Morgan fingerprint density at radius 1 is 1.22 bits per heavy atom. The van der Waals surface area contributed by atoms with E-state index in [0.717, 1.165) is 12.8 Å². The van der Waals surface area contributed by atoms with Crippen LogP contribution < -0.4 is 5.32 Å². The third kappa shape index (κ3) is 4.59. The van der Waals surface area contributed by atoms with Gasteiger partial charge >= 0.3 is 0 Å². The summed E-state index contributed by atoms with van der Waals surface area (Å²) < 4.78 is 0. The Kier molecular flexibility index (Phi) is 5.70. The van der Waals surface area contributed by atoms with Gasteiger partial charge in [0.15, 0.2) is 0 Å². The van der Waals surface area contributed by atoms with Crippen molar-refractivity contribution in [2.75, 3.05) is 5.32 Å². The second kappa shape index (κ2) is 7.85. The van der Waals surface area contributed by atoms with Gasteiger partial charge in [0.25, 0.3) is 5.91 Å². The van der Waals surface area contributed by atoms with Gasteiger partial charge in [-0.3, -0.25) is 4.79 Å². The standard InChI is InChI=1S/C21H27ClN4O/c1-5-8-17(21(2,3)4)24-18-11-16(23-20(22)25-18)19(27)26-12-14-9-6-7-10-15(14)13-26/h6-7,9-11,17H,5,8,12-13H2,1-4H3,(H,23,24,25). The Morgan fingerprint density at radius 2 is 1.85 bits per heavy atom. The third-order valence-corrected chi connectivity index (χ3v) is 5.16. The fraction of sp³-hybridized carbons (Fsp3) is 0.476. The Balaban J connectivity index is 1.80. The molecule has 1 unspecified atom stereocenters. The summed E-state index contributed by atoms with van der Waals surface area (Å²) >= 11 is 6.13. The Hall–Kier alpha value is -2.14. The lowest BCUT2D eigenvalue weighted by molar-refractivity contribution is 0.0745. The molecule has 0 saturated carbocycles. The summed E-state index contributed by atoms with van der Waals surface area (Å²) in [5.74, 6) is 0.477. The van der Waals surface area contributed by atoms with Crippen molar-refractivity contribution in [1.82, 2.24) is 14.9 Å². The number of carbonyl (C=O) groups is 1. The zero-order chi connectivity index (χ0) is 19.6. The predicted molar refractivity (Wildman–Crippen MR) is 109 cm³/mol. The van der Waals surface area contributed by atoms with Crippen molar-refractivity contribution in [3.63, 3.8) is 0 Å². The first-order chi connectivity index (χ1) is 12.8. The van der Waals surface area contributed by atoms with Crippen LogP contribution in [0.15, 0.2) is 30.3 Å². The van der Waals surface area contributed by atoms with E-state index in [1.807, 2.05) is 12.1 Å². The molecule has 1 aromatic carbocycles. The van der Waals surface area contributed by atoms with Crippen LogP contribution in [0.1, 0.15) is 62.2 Å². The Morgan fingerprint density at radius 3 is 2.41 bits per heavy atom. The van der Waals surface area contributed by atoms with E-state index in [1.54, 1.807) is 11.0 Å². The molecule has 1 amide bonds. The van der Waals surface area contributed by atoms with Crippen molar-refractivity contribution in [2.45, 2.75) is 59.7 Å². The largest absolute Gasteiger partial charge is 0.367 e. The summed E-state index contributed by atoms with van der Waals surface area (Å²) in [6.07, 6.45) is 2.07. The van der Waals surface area contributed by atoms with Crippen molar-refractivity contribution in [1.29, 1.82) is 0 Å². The number of nitrogens with zero attached hydrogens (tertiary/aromatic N) is 3. The first-order valence-corrected chi connectivity index (χ1v) is 9.83. The molecule has 0 fully saturated rings. The number of hydrogen-bond acceptors (Lipinski definition) is 4. The number of benzene rings is 1. The summed E-state index contributed by atoms with van der Waals surface area (Å²) in [6.45, 7) is 9.93. The second-order valence-electron chi connectivity index (χ2n) is 8.19. The van der Waals surface area contributed by atoms with Crippen LogP contribution in [0, 0.1) is 5.41 Å². The van der Waals surface area contributed by atoms with Crippen molar-refractivity contribution >= 4 is 23.3 Å². The number of anilines is 1. The van der Waals surface area contributed by atoms with Crippen molar-refractivity contribution in [3.05, 3.63) is 52.4 Å². The zero-order valence-corrected chi connectivity index (χ0v) is 17.2. The van der Waals surface area contributed by atoms with E-state index in [1.165, 1.54) is 11.1 Å². The molecular weight excluding hydrogens is 360 g/mol. The summed E-state index contributed by atoms with van der Waals surface area (Å²) in [5.41, 5.74) is 2.75. The van der Waals surface area contributed by atoms with E-state index in [-0.39, 0.29) is 22.6 Å². The van der Waals surface area contributed by atoms with Crippen LogP contribution in [-0.4, -0.2) is 26.8 Å². The molecule has 0 spiro atoms. The lowest BCUT2D eigenvalue weighted by Crippen LogP contribution is -2.34. The molecule has 144 valence electrons. The Bertz CT molecular complexity index is 806. The molecule has 5 nitrogen and oxygen atoms in total. The molecule has 0 radical (unpaired) electrons. The van der Waals surface area contributed by atoms with Crippen LogP contribution in [0.2, 0.25) is 5.28 Å². The minimum atomic E-state index is -0.124. The summed E-state index contributed by atoms with van der Waals surface area (Å²) in [4.78, 5) is 23.2. The molecule has 1 atom stereocenters. The first kappa shape index (κ1) is 19.6. The highest BCUT2D eigenvalue weighted by Gasteiger charge is 2.27. The summed E-state index contributed by atoms with van der Waals surface area (Å²) in [5, 5.41) is 3.54. The molecule has 0 saturated heterocycles. The highest BCUT2D eigenvalue weighted by Crippen LogP contribution is 2.28. The van der Waals surface area contributed by atoms with E-state index < -0.39 is 0 Å². The normalized spacial score (nSPS) is 14.8. The van der Waals surface area contributed by atoms with Crippen LogP contribution in [0.25, 0.3) is 0 Å². The van der Waals surface area contributed by atoms with Crippen molar-refractivity contribution in [3.8, 4) is 0 Å². The monoisotopic (exact) mass is 386 g/mol. The number of nitrogens with one attached hydrogen (secondary N) is 1. The van der Waals surface area contributed by atoms with Crippen molar-refractivity contribution in [2.24, 2.45) is 5.41 Å². The van der Waals surface area contributed by atoms with Crippen LogP contribution in [0.4, 0.5) is 5.82 Å². The maximum atomic E-state index is 13.0. The lowest BCUT2D eigenvalue weighted by atomic mass is 9.84. The van der Waals surface area contributed by atoms with Gasteiger partial charge in [-0.15, -0.1) is 0 Å². The molecule has 2 heterocycles. The maximum absolute atomic E-state index is 13.0. The van der Waals surface area contributed by atoms with E-state index in [0.29, 0.717) is 24.6 Å². The van der Waals surface area contributed by atoms with E-state index >= 15 is 0 Å². The van der Waals surface area contributed by atoms with Crippen LogP contribution in [0.5, 0.6) is 0 Å². The lowest BCUT2D eigenvalue weighted by Gasteiger charge is -2.32. The van der Waals surface area contributed by atoms with E-state index in [9.17, 15) is 4.79 Å². The van der Waals surface area contributed by atoms with Gasteiger partial charge < -0.3 is 10.2 Å². The average molecular weight is 387 g/mol. The van der Waals surface area contributed by atoms with Gasteiger partial charge in [-0.25, -0.2) is 9.97 Å². The highest BCUT2D eigenvalue weighted by molar-refractivity contribution is 6.28. The number of halogens is 1. The fourth-order valence-electron chi connectivity index (χ4n) is 3.43. The molecule has 2 aromatic rings. The molecule has 3 rings (SSSR count). The smallest absolute Gasteiger partial charge is 0.273 e. The zero-order valence-electron chi connectivity index (χ0n) is 16.4. The topological polar surface area (TPSA) is 58.1 Å². The number of aromatic nitrogens is 2. The molecule has 6 heteroatoms. The number of hydrogen-bond donors (Lipinski definition) is 1. The molecule has 0 bridgehead atoms. The maximum Gasteiger partial charge on any atom is 0.273 e. The number of fused-ring (bicyclic) bond motifs is 1. The quantitative estimate of drug-likeness (QED) is 0.741. The van der Waals surface area contributed by atoms with E-state index in [4.69, 9.17) is 11.6 Å². The molecule has 0 aliphatic carbocycles. The second-order valence-corrected chi connectivity index (χ2v) is 8.53. The third-order valence-electron chi connectivity index (χ3n) is 4.99. The van der Waals surface area contributed by atoms with Crippen LogP contribution >= 0.6 is 11.6 Å². The molecule has 1 aliphatic rings. The van der Waals surface area contributed by atoms with Crippen LogP contribution in [0.3, 0.4) is 0 Å². The molecule has 27 heavy (non-hydrogen) atoms. The fourth-order valence-corrected chi connectivity index (χ4v) is 3.61.